The van der Waals surface area contributed by atoms with Gasteiger partial charge in [0.1, 0.15) is 11.6 Å². The van der Waals surface area contributed by atoms with Gasteiger partial charge < -0.3 is 25.4 Å². The second kappa shape index (κ2) is 15.3. The van der Waals surface area contributed by atoms with Crippen molar-refractivity contribution in [1.82, 2.24) is 15.2 Å². The number of carboxylic acids is 1. The number of carbonyl (C=O) groups is 2. The van der Waals surface area contributed by atoms with Gasteiger partial charge in [-0.15, -0.1) is 0 Å². The molecule has 8 heteroatoms. The molecule has 208 valence electrons. The minimum atomic E-state index is -0.961. The lowest BCUT2D eigenvalue weighted by atomic mass is 9.91. The van der Waals surface area contributed by atoms with E-state index in [9.17, 15) is 9.59 Å². The molecule has 1 unspecified atom stereocenters. The van der Waals surface area contributed by atoms with Crippen molar-refractivity contribution in [2.24, 2.45) is 0 Å². The molecular formula is C30H44N4O4. The first-order valence-corrected chi connectivity index (χ1v) is 14.0. The van der Waals surface area contributed by atoms with Crippen LogP contribution in [0.15, 0.2) is 30.3 Å². The molecule has 4 rings (SSSR count). The molecule has 3 heterocycles. The number of aliphatic carboxylic acids is 1. The predicted molar refractivity (Wildman–Crippen MR) is 151 cm³/mol. The van der Waals surface area contributed by atoms with Crippen LogP contribution >= 0.6 is 0 Å². The molecule has 3 N–H and O–H groups in total. The summed E-state index contributed by atoms with van der Waals surface area (Å²) in [6, 6.07) is 9.45. The van der Waals surface area contributed by atoms with Crippen molar-refractivity contribution in [2.45, 2.75) is 77.2 Å². The number of methoxy groups -OCH3 is 1. The fourth-order valence-corrected chi connectivity index (χ4v) is 5.20. The van der Waals surface area contributed by atoms with Gasteiger partial charge in [0, 0.05) is 12.2 Å². The van der Waals surface area contributed by atoms with Crippen LogP contribution in [0.2, 0.25) is 0 Å². The summed E-state index contributed by atoms with van der Waals surface area (Å²) in [6.07, 6.45) is 9.35. The number of hydrogen-bond donors (Lipinski definition) is 3. The summed E-state index contributed by atoms with van der Waals surface area (Å²) in [7, 11) is 1.55. The Kier molecular flexibility index (Phi) is 11.9. The summed E-state index contributed by atoms with van der Waals surface area (Å²) in [5.41, 5.74) is 4.43. The normalized spacial score (nSPS) is 15.9. The number of carboxylic acid groups (broad SMARTS) is 1. The Labute approximate surface area is 227 Å². The fraction of sp³-hybridized carbons (Fsp3) is 0.567. The van der Waals surface area contributed by atoms with Crippen LogP contribution in [0.5, 0.6) is 5.75 Å². The maximum absolute atomic E-state index is 10.9. The number of rotatable bonds is 11. The molecule has 2 aliphatic rings. The van der Waals surface area contributed by atoms with Gasteiger partial charge in [0.15, 0.2) is 0 Å². The van der Waals surface area contributed by atoms with Crippen molar-refractivity contribution >= 4 is 18.2 Å². The number of nitrogens with one attached hydrogen (secondary N) is 2. The van der Waals surface area contributed by atoms with Gasteiger partial charge in [0.25, 0.3) is 0 Å². The molecule has 1 aromatic carbocycles. The van der Waals surface area contributed by atoms with E-state index >= 15 is 0 Å². The Hall–Kier alpha value is -3.13. The predicted octanol–water partition coefficient (Wildman–Crippen LogP) is 4.94. The largest absolute Gasteiger partial charge is 0.497 e. The Balaban J connectivity index is 0.000000211. The van der Waals surface area contributed by atoms with Gasteiger partial charge in [-0.25, -0.2) is 4.98 Å². The third-order valence-electron chi connectivity index (χ3n) is 7.25. The summed E-state index contributed by atoms with van der Waals surface area (Å²) in [5, 5.41) is 14.9. The van der Waals surface area contributed by atoms with Gasteiger partial charge in [-0.3, -0.25) is 9.59 Å². The third-order valence-corrected chi connectivity index (χ3v) is 7.25. The zero-order valence-electron chi connectivity index (χ0n) is 23.2. The molecule has 0 radical (unpaired) electrons. The maximum Gasteiger partial charge on any atom is 0.305 e. The highest BCUT2D eigenvalue weighted by Gasteiger charge is 2.20. The Morgan fingerprint density at radius 3 is 2.63 bits per heavy atom. The fourth-order valence-electron chi connectivity index (χ4n) is 5.20. The van der Waals surface area contributed by atoms with Gasteiger partial charge in [-0.05, 0) is 99.0 Å². The lowest BCUT2D eigenvalue weighted by Crippen LogP contribution is -2.30. The lowest BCUT2D eigenvalue weighted by molar-refractivity contribution is -0.137. The number of aromatic nitrogens is 1. The van der Waals surface area contributed by atoms with Crippen LogP contribution in [0.3, 0.4) is 0 Å². The van der Waals surface area contributed by atoms with Crippen molar-refractivity contribution in [1.29, 1.82) is 0 Å². The Morgan fingerprint density at radius 1 is 1.16 bits per heavy atom. The number of carbonyl (C=O) groups excluding carboxylic acids is 1. The molecule has 1 saturated heterocycles. The van der Waals surface area contributed by atoms with Crippen LogP contribution in [0, 0.1) is 0 Å². The highest BCUT2D eigenvalue weighted by molar-refractivity contribution is 5.69. The molecule has 2 aliphatic heterocycles. The summed E-state index contributed by atoms with van der Waals surface area (Å²) < 4.78 is 5.16. The standard InChI is InChI=1S/C16H25N3.C14H19NO4/c1-2-11-19(12-3-1)13-5-7-15-9-8-14-6-4-10-17-16(14)18-15;1-9(2)11-5-4-10(19-3)6-12(11)13(15-8-16)7-14(17)18/h8-9H,1-7,10-13H2,(H,17,18);4-6,8-9,13H,7H2,1-3H3,(H,15,16)(H,17,18). The second-order valence-electron chi connectivity index (χ2n) is 10.4. The number of amides is 1. The first-order valence-electron chi connectivity index (χ1n) is 14.0. The number of fused-ring (bicyclic) bond motifs is 1. The van der Waals surface area contributed by atoms with Gasteiger partial charge in [0.05, 0.1) is 19.6 Å². The summed E-state index contributed by atoms with van der Waals surface area (Å²) in [4.78, 5) is 29.0. The van der Waals surface area contributed by atoms with E-state index in [4.69, 9.17) is 14.8 Å². The molecule has 0 spiro atoms. The van der Waals surface area contributed by atoms with E-state index in [0.717, 1.165) is 29.9 Å². The molecule has 1 fully saturated rings. The zero-order valence-corrected chi connectivity index (χ0v) is 23.2. The van der Waals surface area contributed by atoms with Crippen molar-refractivity contribution in [3.8, 4) is 5.75 Å². The van der Waals surface area contributed by atoms with Crippen LogP contribution in [0.4, 0.5) is 5.82 Å². The number of nitrogens with zero attached hydrogens (tertiary/aromatic N) is 2. The van der Waals surface area contributed by atoms with Crippen molar-refractivity contribution in [3.63, 3.8) is 0 Å². The van der Waals surface area contributed by atoms with Crippen LogP contribution in [0.25, 0.3) is 0 Å². The number of likely N-dealkylation sites (tertiary alicyclic amines) is 1. The molecule has 0 bridgehead atoms. The van der Waals surface area contributed by atoms with Gasteiger partial charge in [-0.2, -0.15) is 0 Å². The van der Waals surface area contributed by atoms with E-state index in [1.807, 2.05) is 26.0 Å². The number of ether oxygens (including phenoxy) is 1. The van der Waals surface area contributed by atoms with Gasteiger partial charge in [0.2, 0.25) is 6.41 Å². The molecule has 8 nitrogen and oxygen atoms in total. The first kappa shape index (κ1) is 29.4. The van der Waals surface area contributed by atoms with Crippen molar-refractivity contribution in [2.75, 3.05) is 38.6 Å². The van der Waals surface area contributed by atoms with E-state index in [2.05, 4.69) is 27.7 Å². The number of anilines is 1. The second-order valence-corrected chi connectivity index (χ2v) is 10.4. The zero-order chi connectivity index (χ0) is 27.3. The minimum Gasteiger partial charge on any atom is -0.497 e. The van der Waals surface area contributed by atoms with E-state index in [1.165, 1.54) is 69.4 Å². The smallest absolute Gasteiger partial charge is 0.305 e. The van der Waals surface area contributed by atoms with E-state index in [-0.39, 0.29) is 12.3 Å². The van der Waals surface area contributed by atoms with Crippen LogP contribution in [0.1, 0.15) is 86.7 Å². The van der Waals surface area contributed by atoms with E-state index < -0.39 is 12.0 Å². The molecule has 38 heavy (non-hydrogen) atoms. The minimum absolute atomic E-state index is 0.161. The molecule has 1 amide bonds. The SMILES string of the molecule is COc1ccc(C(C)C)c(C(CC(=O)O)NC=O)c1.c1cc2c(nc1CCCN1CCCCC1)NCCC2. The number of pyridine rings is 1. The number of hydrogen-bond acceptors (Lipinski definition) is 6. The lowest BCUT2D eigenvalue weighted by Gasteiger charge is -2.26. The average Bonchev–Trinajstić information content (AvgIpc) is 2.93. The molecule has 2 aromatic rings. The Morgan fingerprint density at radius 2 is 1.95 bits per heavy atom. The summed E-state index contributed by atoms with van der Waals surface area (Å²) in [5.74, 6) is 1.05. The quantitative estimate of drug-likeness (QED) is 0.358. The van der Waals surface area contributed by atoms with Crippen molar-refractivity contribution < 1.29 is 19.4 Å². The van der Waals surface area contributed by atoms with Crippen molar-refractivity contribution in [3.05, 3.63) is 52.7 Å². The number of benzene rings is 1. The molecular weight excluding hydrogens is 480 g/mol. The Bertz CT molecular complexity index is 1040. The maximum atomic E-state index is 10.9. The van der Waals surface area contributed by atoms with Gasteiger partial charge >= 0.3 is 5.97 Å². The third kappa shape index (κ3) is 9.01. The molecule has 0 saturated carbocycles. The van der Waals surface area contributed by atoms with E-state index in [1.54, 1.807) is 13.2 Å². The summed E-state index contributed by atoms with van der Waals surface area (Å²) >= 11 is 0. The highest BCUT2D eigenvalue weighted by Crippen LogP contribution is 2.30. The molecule has 1 aromatic heterocycles. The number of aryl methyl sites for hydroxylation is 2. The molecule has 0 aliphatic carbocycles. The topological polar surface area (TPSA) is 104 Å². The van der Waals surface area contributed by atoms with Gasteiger partial charge in [-0.1, -0.05) is 32.4 Å². The molecule has 1 atom stereocenters. The average molecular weight is 525 g/mol. The van der Waals surface area contributed by atoms with Crippen LogP contribution < -0.4 is 15.4 Å². The number of piperidine rings is 1. The summed E-state index contributed by atoms with van der Waals surface area (Å²) in [6.45, 7) is 8.97. The van der Waals surface area contributed by atoms with E-state index in [0.29, 0.717) is 12.2 Å². The van der Waals surface area contributed by atoms with Crippen LogP contribution in [-0.4, -0.2) is 60.7 Å². The first-order chi connectivity index (χ1) is 18.4. The van der Waals surface area contributed by atoms with Crippen LogP contribution in [-0.2, 0) is 22.4 Å². The monoisotopic (exact) mass is 524 g/mol. The highest BCUT2D eigenvalue weighted by atomic mass is 16.5.